The zero-order valence-electron chi connectivity index (χ0n) is 7.07. The van der Waals surface area contributed by atoms with E-state index in [1.54, 1.807) is 0 Å². The molecule has 0 radical (unpaired) electrons. The van der Waals surface area contributed by atoms with Gasteiger partial charge in [-0.2, -0.15) is 9.64 Å². The molecule has 0 spiro atoms. The molecule has 0 saturated heterocycles. The van der Waals surface area contributed by atoms with Gasteiger partial charge in [-0.3, -0.25) is 0 Å². The van der Waals surface area contributed by atoms with Crippen LogP contribution in [0.4, 0.5) is 0 Å². The van der Waals surface area contributed by atoms with Crippen LogP contribution in [-0.4, -0.2) is 4.37 Å². The summed E-state index contributed by atoms with van der Waals surface area (Å²) in [7, 11) is 0. The summed E-state index contributed by atoms with van der Waals surface area (Å²) in [5.74, 6) is 0. The van der Waals surface area contributed by atoms with E-state index >= 15 is 0 Å². The van der Waals surface area contributed by atoms with E-state index in [-0.39, 0.29) is 0 Å². The van der Waals surface area contributed by atoms with Crippen molar-refractivity contribution in [3.8, 4) is 17.3 Å². The molecule has 0 unspecified atom stereocenters. The van der Waals surface area contributed by atoms with Crippen molar-refractivity contribution in [1.29, 1.82) is 5.26 Å². The van der Waals surface area contributed by atoms with Crippen LogP contribution in [0, 0.1) is 14.2 Å². The van der Waals surface area contributed by atoms with Crippen LogP contribution in [0.3, 0.4) is 0 Å². The van der Waals surface area contributed by atoms with Crippen LogP contribution in [-0.2, 0) is 0 Å². The number of hydrogen-bond donors (Lipinski definition) is 0. The number of hydrogen-bond acceptors (Lipinski definition) is 3. The van der Waals surface area contributed by atoms with E-state index in [2.05, 4.69) is 33.0 Å². The molecular weight excluding hydrogens is 307 g/mol. The van der Waals surface area contributed by atoms with Gasteiger partial charge in [-0.25, -0.2) is 0 Å². The van der Waals surface area contributed by atoms with Gasteiger partial charge in [0, 0.05) is 5.56 Å². The minimum atomic E-state index is 0.682. The van der Waals surface area contributed by atoms with Gasteiger partial charge in [-0.15, -0.1) is 0 Å². The van der Waals surface area contributed by atoms with Crippen LogP contribution >= 0.6 is 34.1 Å². The highest BCUT2D eigenvalue weighted by molar-refractivity contribution is 14.1. The van der Waals surface area contributed by atoms with Crippen molar-refractivity contribution in [3.63, 3.8) is 0 Å². The van der Waals surface area contributed by atoms with Crippen LogP contribution in [0.1, 0.15) is 5.56 Å². The Morgan fingerprint density at radius 2 is 2.00 bits per heavy atom. The predicted molar refractivity (Wildman–Crippen MR) is 65.0 cm³/mol. The fourth-order valence-corrected chi connectivity index (χ4v) is 2.43. The number of nitriles is 1. The lowest BCUT2D eigenvalue weighted by Crippen LogP contribution is -1.81. The monoisotopic (exact) mass is 312 g/mol. The molecule has 0 saturated carbocycles. The average Bonchev–Trinajstić information content (AvgIpc) is 2.61. The molecule has 0 N–H and O–H groups in total. The van der Waals surface area contributed by atoms with Gasteiger partial charge in [0.05, 0.1) is 0 Å². The molecule has 1 heterocycles. The van der Waals surface area contributed by atoms with Crippen LogP contribution in [0.15, 0.2) is 30.3 Å². The highest BCUT2D eigenvalue weighted by Crippen LogP contribution is 2.28. The number of nitrogens with zero attached hydrogens (tertiary/aromatic N) is 2. The normalized spacial score (nSPS) is 9.71. The Balaban J connectivity index is 2.59. The summed E-state index contributed by atoms with van der Waals surface area (Å²) >= 11 is 3.51. The Morgan fingerprint density at radius 1 is 1.29 bits per heavy atom. The van der Waals surface area contributed by atoms with Crippen LogP contribution < -0.4 is 0 Å². The summed E-state index contributed by atoms with van der Waals surface area (Å²) in [6.45, 7) is 0. The van der Waals surface area contributed by atoms with E-state index in [0.717, 1.165) is 14.1 Å². The smallest absolute Gasteiger partial charge is 0.104 e. The highest BCUT2D eigenvalue weighted by Gasteiger charge is 2.12. The number of benzene rings is 1. The van der Waals surface area contributed by atoms with Crippen molar-refractivity contribution in [1.82, 2.24) is 4.37 Å². The lowest BCUT2D eigenvalue weighted by molar-refractivity contribution is 1.45. The van der Waals surface area contributed by atoms with Gasteiger partial charge in [-0.1, -0.05) is 30.3 Å². The van der Waals surface area contributed by atoms with Gasteiger partial charge < -0.3 is 0 Å². The van der Waals surface area contributed by atoms with Crippen molar-refractivity contribution in [3.05, 3.63) is 38.8 Å². The molecule has 0 aliphatic heterocycles. The minimum Gasteiger partial charge on any atom is -0.192 e. The molecule has 1 aromatic carbocycles. The topological polar surface area (TPSA) is 36.7 Å². The molecule has 1 aromatic heterocycles. The summed E-state index contributed by atoms with van der Waals surface area (Å²) in [5, 5.41) is 8.96. The quantitative estimate of drug-likeness (QED) is 0.758. The van der Waals surface area contributed by atoms with Gasteiger partial charge in [0.2, 0.25) is 0 Å². The molecular formula is C10H5IN2S. The summed E-state index contributed by atoms with van der Waals surface area (Å²) < 4.78 is 5.22. The predicted octanol–water partition coefficient (Wildman–Crippen LogP) is 3.29. The molecule has 2 rings (SSSR count). The molecule has 4 heteroatoms. The van der Waals surface area contributed by atoms with Gasteiger partial charge >= 0.3 is 0 Å². The van der Waals surface area contributed by atoms with E-state index in [0.29, 0.717) is 5.56 Å². The lowest BCUT2D eigenvalue weighted by Gasteiger charge is -1.95. The molecule has 0 atom stereocenters. The van der Waals surface area contributed by atoms with E-state index in [4.69, 9.17) is 5.26 Å². The van der Waals surface area contributed by atoms with E-state index in [1.165, 1.54) is 11.5 Å². The number of aromatic nitrogens is 1. The summed E-state index contributed by atoms with van der Waals surface area (Å²) in [6.07, 6.45) is 0. The summed E-state index contributed by atoms with van der Waals surface area (Å²) in [5.41, 5.74) is 2.48. The SMILES string of the molecule is N#Cc1c(-c2ccccc2)nsc1I. The molecule has 14 heavy (non-hydrogen) atoms. The first-order chi connectivity index (χ1) is 6.83. The van der Waals surface area contributed by atoms with Crippen LogP contribution in [0.5, 0.6) is 0 Å². The minimum absolute atomic E-state index is 0.682. The zero-order chi connectivity index (χ0) is 9.97. The van der Waals surface area contributed by atoms with Gasteiger partial charge in [0.15, 0.2) is 0 Å². The largest absolute Gasteiger partial charge is 0.192 e. The number of rotatable bonds is 1. The van der Waals surface area contributed by atoms with Gasteiger partial charge in [0.1, 0.15) is 20.2 Å². The molecule has 2 nitrogen and oxygen atoms in total. The Hall–Kier alpha value is -0.930. The maximum Gasteiger partial charge on any atom is 0.104 e. The fraction of sp³-hybridized carbons (Fsp3) is 0. The molecule has 0 fully saturated rings. The average molecular weight is 312 g/mol. The third kappa shape index (κ3) is 1.65. The molecule has 68 valence electrons. The maximum absolute atomic E-state index is 8.96. The number of halogens is 1. The van der Waals surface area contributed by atoms with Gasteiger partial charge in [0.25, 0.3) is 0 Å². The van der Waals surface area contributed by atoms with E-state index < -0.39 is 0 Å². The summed E-state index contributed by atoms with van der Waals surface area (Å²) in [6, 6.07) is 12.0. The summed E-state index contributed by atoms with van der Waals surface area (Å²) in [4.78, 5) is 0. The molecule has 0 bridgehead atoms. The Kier molecular flexibility index (Phi) is 2.79. The molecule has 0 aliphatic rings. The highest BCUT2D eigenvalue weighted by atomic mass is 127. The second-order valence-electron chi connectivity index (χ2n) is 2.66. The first-order valence-electron chi connectivity index (χ1n) is 3.93. The van der Waals surface area contributed by atoms with Crippen molar-refractivity contribution >= 4 is 34.1 Å². The zero-order valence-corrected chi connectivity index (χ0v) is 10.0. The van der Waals surface area contributed by atoms with E-state index in [9.17, 15) is 0 Å². The Bertz CT molecular complexity index is 485. The van der Waals surface area contributed by atoms with Crippen molar-refractivity contribution < 1.29 is 0 Å². The second kappa shape index (κ2) is 4.07. The first-order valence-corrected chi connectivity index (χ1v) is 5.79. The second-order valence-corrected chi connectivity index (χ2v) is 5.24. The van der Waals surface area contributed by atoms with E-state index in [1.807, 2.05) is 30.3 Å². The van der Waals surface area contributed by atoms with Crippen molar-refractivity contribution in [2.45, 2.75) is 0 Å². The Labute approximate surface area is 99.5 Å². The molecule has 2 aromatic rings. The van der Waals surface area contributed by atoms with Crippen LogP contribution in [0.2, 0.25) is 0 Å². The van der Waals surface area contributed by atoms with Crippen LogP contribution in [0.25, 0.3) is 11.3 Å². The van der Waals surface area contributed by atoms with Crippen molar-refractivity contribution in [2.24, 2.45) is 0 Å². The third-order valence-corrected chi connectivity index (χ3v) is 3.58. The van der Waals surface area contributed by atoms with Crippen molar-refractivity contribution in [2.75, 3.05) is 0 Å². The molecule has 0 amide bonds. The third-order valence-electron chi connectivity index (χ3n) is 1.81. The lowest BCUT2D eigenvalue weighted by atomic mass is 10.1. The molecule has 0 aliphatic carbocycles. The fourth-order valence-electron chi connectivity index (χ4n) is 1.16. The maximum atomic E-state index is 8.96. The Morgan fingerprint density at radius 3 is 2.64 bits per heavy atom. The standard InChI is InChI=1S/C10H5IN2S/c11-10-8(6-12)9(13-14-10)7-4-2-1-3-5-7/h1-5H. The first kappa shape index (κ1) is 9.62. The van der Waals surface area contributed by atoms with Gasteiger partial charge in [-0.05, 0) is 34.1 Å².